The van der Waals surface area contributed by atoms with Gasteiger partial charge in [-0.3, -0.25) is 0 Å². The lowest BCUT2D eigenvalue weighted by molar-refractivity contribution is 0.268. The number of pyridine rings is 1. The van der Waals surface area contributed by atoms with E-state index < -0.39 is 0 Å². The molecule has 0 spiro atoms. The highest BCUT2D eigenvalue weighted by atomic mass is 35.5. The van der Waals surface area contributed by atoms with Crippen LogP contribution in [0.2, 0.25) is 5.02 Å². The Morgan fingerprint density at radius 3 is 3.00 bits per heavy atom. The van der Waals surface area contributed by atoms with Gasteiger partial charge in [-0.25, -0.2) is 4.98 Å². The van der Waals surface area contributed by atoms with Crippen molar-refractivity contribution in [3.63, 3.8) is 0 Å². The molecule has 0 atom stereocenters. The molecule has 1 N–H and O–H groups in total. The summed E-state index contributed by atoms with van der Waals surface area (Å²) in [4.78, 5) is 4.01. The third kappa shape index (κ3) is 2.40. The van der Waals surface area contributed by atoms with Gasteiger partial charge in [0.1, 0.15) is 12.3 Å². The molecule has 0 fully saturated rings. The largest absolute Gasteiger partial charge is 0.491 e. The van der Waals surface area contributed by atoms with Gasteiger partial charge in [0.2, 0.25) is 0 Å². The molecule has 0 amide bonds. The van der Waals surface area contributed by atoms with Crippen molar-refractivity contribution in [3.8, 4) is 11.6 Å². The van der Waals surface area contributed by atoms with Gasteiger partial charge < -0.3 is 9.47 Å². The number of nitrogens with one attached hydrogen (secondary N) is 1. The van der Waals surface area contributed by atoms with Crippen molar-refractivity contribution in [3.05, 3.63) is 29.2 Å². The molecule has 0 bridgehead atoms. The number of ether oxygens (including phenoxy) is 2. The lowest BCUT2D eigenvalue weighted by atomic mass is 10.4. The molecular formula is C9H9ClN4O2. The smallest absolute Gasteiger partial charge is 0.257 e. The number of methoxy groups -OCH3 is 1. The van der Waals surface area contributed by atoms with E-state index >= 15 is 0 Å². The zero-order valence-corrected chi connectivity index (χ0v) is 9.23. The van der Waals surface area contributed by atoms with Gasteiger partial charge in [0.15, 0.2) is 5.75 Å². The van der Waals surface area contributed by atoms with E-state index in [9.17, 15) is 0 Å². The molecule has 0 aliphatic heterocycles. The molecule has 0 aromatic carbocycles. The van der Waals surface area contributed by atoms with Gasteiger partial charge in [0, 0.05) is 12.3 Å². The van der Waals surface area contributed by atoms with Crippen LogP contribution in [0.25, 0.3) is 0 Å². The van der Waals surface area contributed by atoms with E-state index in [4.69, 9.17) is 21.1 Å². The minimum atomic E-state index is 0.265. The first-order valence-corrected chi connectivity index (χ1v) is 4.84. The van der Waals surface area contributed by atoms with Crippen LogP contribution in [0.3, 0.4) is 0 Å². The molecule has 0 saturated heterocycles. The van der Waals surface area contributed by atoms with Gasteiger partial charge in [0.05, 0.1) is 18.3 Å². The Labute approximate surface area is 96.6 Å². The van der Waals surface area contributed by atoms with E-state index in [1.807, 2.05) is 0 Å². The van der Waals surface area contributed by atoms with E-state index in [1.54, 1.807) is 12.3 Å². The van der Waals surface area contributed by atoms with E-state index in [0.29, 0.717) is 22.3 Å². The average Bonchev–Trinajstić information content (AvgIpc) is 2.80. The van der Waals surface area contributed by atoms with Gasteiger partial charge >= 0.3 is 0 Å². The Hall–Kier alpha value is -1.82. The highest BCUT2D eigenvalue weighted by Crippen LogP contribution is 2.27. The normalized spacial score (nSPS) is 10.1. The summed E-state index contributed by atoms with van der Waals surface area (Å²) in [6.07, 6.45) is 3.06. The summed E-state index contributed by atoms with van der Waals surface area (Å²) in [6.45, 7) is 0.265. The second kappa shape index (κ2) is 4.80. The van der Waals surface area contributed by atoms with Crippen molar-refractivity contribution < 1.29 is 9.47 Å². The molecule has 6 nitrogen and oxygen atoms in total. The minimum Gasteiger partial charge on any atom is -0.491 e. The Morgan fingerprint density at radius 2 is 2.31 bits per heavy atom. The third-order valence-electron chi connectivity index (χ3n) is 1.83. The maximum Gasteiger partial charge on any atom is 0.257 e. The van der Waals surface area contributed by atoms with Crippen LogP contribution in [0.5, 0.6) is 11.6 Å². The summed E-state index contributed by atoms with van der Waals surface area (Å²) >= 11 is 5.77. The van der Waals surface area contributed by atoms with Crippen molar-refractivity contribution in [2.45, 2.75) is 6.61 Å². The van der Waals surface area contributed by atoms with Gasteiger partial charge in [-0.1, -0.05) is 11.6 Å². The van der Waals surface area contributed by atoms with E-state index in [0.717, 1.165) is 0 Å². The maximum atomic E-state index is 5.77. The van der Waals surface area contributed by atoms with Crippen LogP contribution in [-0.4, -0.2) is 27.5 Å². The number of aromatic nitrogens is 4. The second-order valence-electron chi connectivity index (χ2n) is 2.91. The van der Waals surface area contributed by atoms with Gasteiger partial charge in [0.25, 0.3) is 5.88 Å². The quantitative estimate of drug-likeness (QED) is 0.876. The standard InChI is InChI=1S/C9H9ClN4O2/c1-15-8-2-6(10)3-11-9(8)16-5-7-4-12-14-13-7/h2-4H,5H2,1H3,(H,12,13,14). The number of halogens is 1. The fourth-order valence-electron chi connectivity index (χ4n) is 1.10. The minimum absolute atomic E-state index is 0.265. The first kappa shape index (κ1) is 10.7. The number of H-pyrrole nitrogens is 1. The summed E-state index contributed by atoms with van der Waals surface area (Å²) in [5.41, 5.74) is 0.679. The Balaban J connectivity index is 2.09. The zero-order valence-electron chi connectivity index (χ0n) is 8.48. The third-order valence-corrected chi connectivity index (χ3v) is 2.03. The molecule has 0 unspecified atom stereocenters. The van der Waals surface area contributed by atoms with Crippen LogP contribution in [0.1, 0.15) is 5.69 Å². The molecule has 0 aliphatic rings. The molecule has 2 aromatic rings. The number of hydrogen-bond acceptors (Lipinski definition) is 5. The van der Waals surface area contributed by atoms with Crippen molar-refractivity contribution >= 4 is 11.6 Å². The van der Waals surface area contributed by atoms with E-state index in [2.05, 4.69) is 20.4 Å². The molecular weight excluding hydrogens is 232 g/mol. The summed E-state index contributed by atoms with van der Waals surface area (Å²) in [6, 6.07) is 1.63. The summed E-state index contributed by atoms with van der Waals surface area (Å²) < 4.78 is 10.5. The topological polar surface area (TPSA) is 72.9 Å². The molecule has 16 heavy (non-hydrogen) atoms. The Morgan fingerprint density at radius 1 is 1.44 bits per heavy atom. The predicted molar refractivity (Wildman–Crippen MR) is 56.5 cm³/mol. The number of aromatic amines is 1. The number of hydrogen-bond donors (Lipinski definition) is 1. The Bertz CT molecular complexity index is 461. The van der Waals surface area contributed by atoms with Gasteiger partial charge in [-0.15, -0.1) is 0 Å². The first-order chi connectivity index (χ1) is 7.79. The monoisotopic (exact) mass is 240 g/mol. The summed E-state index contributed by atoms with van der Waals surface area (Å²) in [5, 5.41) is 10.5. The number of nitrogens with zero attached hydrogens (tertiary/aromatic N) is 3. The predicted octanol–water partition coefficient (Wildman–Crippen LogP) is 1.44. The Kier molecular flexibility index (Phi) is 3.21. The molecule has 2 aromatic heterocycles. The molecule has 2 rings (SSSR count). The van der Waals surface area contributed by atoms with Crippen LogP contribution < -0.4 is 9.47 Å². The van der Waals surface area contributed by atoms with E-state index in [-0.39, 0.29) is 6.61 Å². The molecule has 0 aliphatic carbocycles. The SMILES string of the molecule is COc1cc(Cl)cnc1OCc1cn[nH]n1. The highest BCUT2D eigenvalue weighted by Gasteiger charge is 2.07. The molecule has 0 radical (unpaired) electrons. The molecule has 84 valence electrons. The highest BCUT2D eigenvalue weighted by molar-refractivity contribution is 6.30. The first-order valence-electron chi connectivity index (χ1n) is 4.46. The average molecular weight is 241 g/mol. The second-order valence-corrected chi connectivity index (χ2v) is 3.35. The summed E-state index contributed by atoms with van der Waals surface area (Å²) in [5.74, 6) is 0.853. The van der Waals surface area contributed by atoms with Crippen LogP contribution in [-0.2, 0) is 6.61 Å². The van der Waals surface area contributed by atoms with Crippen molar-refractivity contribution in [1.29, 1.82) is 0 Å². The molecule has 2 heterocycles. The fourth-order valence-corrected chi connectivity index (χ4v) is 1.25. The molecule has 7 heteroatoms. The number of rotatable bonds is 4. The van der Waals surface area contributed by atoms with Gasteiger partial charge in [-0.2, -0.15) is 15.4 Å². The lowest BCUT2D eigenvalue weighted by Crippen LogP contribution is -2.00. The van der Waals surface area contributed by atoms with Crippen LogP contribution in [0.4, 0.5) is 0 Å². The maximum absolute atomic E-state index is 5.77. The van der Waals surface area contributed by atoms with Crippen molar-refractivity contribution in [2.75, 3.05) is 7.11 Å². The summed E-state index contributed by atoms with van der Waals surface area (Å²) in [7, 11) is 1.52. The zero-order chi connectivity index (χ0) is 11.4. The van der Waals surface area contributed by atoms with Crippen molar-refractivity contribution in [2.24, 2.45) is 0 Å². The van der Waals surface area contributed by atoms with E-state index in [1.165, 1.54) is 13.3 Å². The van der Waals surface area contributed by atoms with Crippen LogP contribution >= 0.6 is 11.6 Å². The van der Waals surface area contributed by atoms with Gasteiger partial charge in [-0.05, 0) is 0 Å². The fraction of sp³-hybridized carbons (Fsp3) is 0.222. The lowest BCUT2D eigenvalue weighted by Gasteiger charge is -2.07. The van der Waals surface area contributed by atoms with Crippen molar-refractivity contribution in [1.82, 2.24) is 20.4 Å². The molecule has 0 saturated carbocycles. The van der Waals surface area contributed by atoms with Crippen LogP contribution in [0.15, 0.2) is 18.5 Å². The van der Waals surface area contributed by atoms with Crippen LogP contribution in [0, 0.1) is 0 Å².